The summed E-state index contributed by atoms with van der Waals surface area (Å²) in [6, 6.07) is 0. The van der Waals surface area contributed by atoms with Gasteiger partial charge in [0.1, 0.15) is 0 Å². The first kappa shape index (κ1) is 20.0. The lowest BCUT2D eigenvalue weighted by Gasteiger charge is -2.52. The quantitative estimate of drug-likeness (QED) is 0.478. The highest BCUT2D eigenvalue weighted by atomic mass is 14.5. The molecule has 0 amide bonds. The summed E-state index contributed by atoms with van der Waals surface area (Å²) in [5.41, 5.74) is 1.84. The van der Waals surface area contributed by atoms with Crippen LogP contribution in [0.1, 0.15) is 102 Å². The van der Waals surface area contributed by atoms with Crippen LogP contribution in [0.4, 0.5) is 0 Å². The van der Waals surface area contributed by atoms with E-state index in [1.807, 2.05) is 0 Å². The number of hydrogen-bond acceptors (Lipinski definition) is 0. The minimum atomic E-state index is 0.343. The van der Waals surface area contributed by atoms with Crippen LogP contribution in [0.3, 0.4) is 0 Å². The number of rotatable bonds is 6. The predicted molar refractivity (Wildman–Crippen MR) is 94.1 cm³/mol. The average molecular weight is 283 g/mol. The first-order valence-electron chi connectivity index (χ1n) is 8.47. The molecule has 0 saturated carbocycles. The molecule has 0 aliphatic carbocycles. The molecule has 0 aliphatic rings. The Morgan fingerprint density at radius 3 is 1.15 bits per heavy atom. The largest absolute Gasteiger partial charge is 0.0649 e. The van der Waals surface area contributed by atoms with Gasteiger partial charge in [0, 0.05) is 0 Å². The Kier molecular flexibility index (Phi) is 5.65. The van der Waals surface area contributed by atoms with Crippen molar-refractivity contribution in [2.75, 3.05) is 0 Å². The Hall–Kier alpha value is 0. The highest BCUT2D eigenvalue weighted by Crippen LogP contribution is 2.55. The minimum absolute atomic E-state index is 0.343. The molecule has 0 aliphatic heterocycles. The average Bonchev–Trinajstić information content (AvgIpc) is 2.12. The van der Waals surface area contributed by atoms with Gasteiger partial charge in [-0.1, -0.05) is 89.5 Å². The van der Waals surface area contributed by atoms with Crippen molar-refractivity contribution >= 4 is 0 Å². The van der Waals surface area contributed by atoms with Crippen molar-refractivity contribution in [1.82, 2.24) is 0 Å². The van der Waals surface area contributed by atoms with E-state index in [-0.39, 0.29) is 0 Å². The molecule has 0 N–H and O–H groups in total. The van der Waals surface area contributed by atoms with Gasteiger partial charge in [-0.2, -0.15) is 0 Å². The molecule has 20 heavy (non-hydrogen) atoms. The van der Waals surface area contributed by atoms with Crippen molar-refractivity contribution in [3.8, 4) is 0 Å². The Bertz CT molecular complexity index is 307. The molecule has 0 saturated heterocycles. The van der Waals surface area contributed by atoms with Gasteiger partial charge in [-0.15, -0.1) is 0 Å². The Labute approximate surface area is 130 Å². The van der Waals surface area contributed by atoms with Crippen molar-refractivity contribution in [3.63, 3.8) is 0 Å². The molecule has 0 bridgehead atoms. The molecule has 0 unspecified atom stereocenters. The fourth-order valence-electron chi connectivity index (χ4n) is 3.17. The van der Waals surface area contributed by atoms with Gasteiger partial charge in [0.25, 0.3) is 0 Å². The van der Waals surface area contributed by atoms with Crippen LogP contribution in [0.2, 0.25) is 0 Å². The normalized spacial score (nSPS) is 15.6. The summed E-state index contributed by atoms with van der Waals surface area (Å²) < 4.78 is 0. The summed E-state index contributed by atoms with van der Waals surface area (Å²) in [6.45, 7) is 29.1. The van der Waals surface area contributed by atoms with Gasteiger partial charge in [-0.25, -0.2) is 0 Å². The first-order valence-corrected chi connectivity index (χ1v) is 8.47. The van der Waals surface area contributed by atoms with E-state index in [1.165, 1.54) is 19.3 Å². The van der Waals surface area contributed by atoms with Gasteiger partial charge in [0.05, 0.1) is 0 Å². The van der Waals surface area contributed by atoms with E-state index in [0.717, 1.165) is 0 Å². The van der Waals surface area contributed by atoms with Gasteiger partial charge in [-0.05, 0) is 39.9 Å². The van der Waals surface area contributed by atoms with Crippen molar-refractivity contribution in [1.29, 1.82) is 0 Å². The van der Waals surface area contributed by atoms with Crippen LogP contribution in [0.25, 0.3) is 0 Å². The van der Waals surface area contributed by atoms with Crippen LogP contribution in [0.15, 0.2) is 0 Å². The summed E-state index contributed by atoms with van der Waals surface area (Å²) >= 11 is 0. The van der Waals surface area contributed by atoms with E-state index in [4.69, 9.17) is 0 Å². The van der Waals surface area contributed by atoms with Gasteiger partial charge < -0.3 is 0 Å². The third-order valence-corrected chi connectivity index (χ3v) is 6.62. The maximum atomic E-state index is 2.48. The molecule has 0 aromatic carbocycles. The highest BCUT2D eigenvalue weighted by molar-refractivity contribution is 4.95. The maximum absolute atomic E-state index is 2.48. The molecule has 122 valence electrons. The van der Waals surface area contributed by atoms with Gasteiger partial charge in [0.2, 0.25) is 0 Å². The van der Waals surface area contributed by atoms with Crippen molar-refractivity contribution in [2.45, 2.75) is 102 Å². The Balaban J connectivity index is 5.22. The molecule has 0 atom stereocenters. The SMILES string of the molecule is CCC(C)(C)CC(C)(C)C(C)(C)CC(C)(C)C(C)(C)C. The van der Waals surface area contributed by atoms with Crippen LogP contribution in [-0.2, 0) is 0 Å². The fraction of sp³-hybridized carbons (Fsp3) is 1.00. The molecule has 0 rings (SSSR count). The first-order chi connectivity index (χ1) is 8.47. The van der Waals surface area contributed by atoms with Gasteiger partial charge in [0.15, 0.2) is 0 Å². The van der Waals surface area contributed by atoms with Gasteiger partial charge >= 0.3 is 0 Å². The second kappa shape index (κ2) is 5.65. The second-order valence-corrected chi connectivity index (χ2v) is 10.8. The van der Waals surface area contributed by atoms with E-state index in [1.54, 1.807) is 0 Å². The van der Waals surface area contributed by atoms with Crippen LogP contribution < -0.4 is 0 Å². The van der Waals surface area contributed by atoms with Crippen molar-refractivity contribution in [3.05, 3.63) is 0 Å². The lowest BCUT2D eigenvalue weighted by Crippen LogP contribution is -2.42. The van der Waals surface area contributed by atoms with Crippen LogP contribution >= 0.6 is 0 Å². The fourth-order valence-corrected chi connectivity index (χ4v) is 3.17. The molecule has 0 fully saturated rings. The Morgan fingerprint density at radius 1 is 0.500 bits per heavy atom. The summed E-state index contributed by atoms with van der Waals surface area (Å²) in [5.74, 6) is 0. The molecular formula is C20H42. The summed E-state index contributed by atoms with van der Waals surface area (Å²) in [4.78, 5) is 0. The molecule has 0 nitrogen and oxygen atoms in total. The zero-order valence-electron chi connectivity index (χ0n) is 16.6. The lowest BCUT2D eigenvalue weighted by atomic mass is 9.53. The third-order valence-electron chi connectivity index (χ3n) is 6.62. The van der Waals surface area contributed by atoms with E-state index in [9.17, 15) is 0 Å². The van der Waals surface area contributed by atoms with Crippen molar-refractivity contribution in [2.24, 2.45) is 27.1 Å². The number of hydrogen-bond donors (Lipinski definition) is 0. The molecule has 0 spiro atoms. The predicted octanol–water partition coefficient (Wildman–Crippen LogP) is 7.33. The third kappa shape index (κ3) is 4.78. The zero-order valence-corrected chi connectivity index (χ0v) is 16.6. The van der Waals surface area contributed by atoms with E-state index >= 15 is 0 Å². The van der Waals surface area contributed by atoms with E-state index < -0.39 is 0 Å². The monoisotopic (exact) mass is 282 g/mol. The molecule has 0 radical (unpaired) electrons. The maximum Gasteiger partial charge on any atom is -0.0297 e. The summed E-state index contributed by atoms with van der Waals surface area (Å²) in [7, 11) is 0. The molecule has 0 aromatic heterocycles. The smallest absolute Gasteiger partial charge is 0.0297 e. The Morgan fingerprint density at radius 2 is 0.850 bits per heavy atom. The molecule has 0 heterocycles. The van der Waals surface area contributed by atoms with Crippen molar-refractivity contribution < 1.29 is 0 Å². The standard InChI is InChI=1S/C20H42/c1-13-17(5,6)14-19(9,10)20(11,12)15-18(7,8)16(2,3)4/h13-15H2,1-12H3. The summed E-state index contributed by atoms with van der Waals surface area (Å²) in [6.07, 6.45) is 3.83. The van der Waals surface area contributed by atoms with E-state index in [2.05, 4.69) is 83.1 Å². The lowest BCUT2D eigenvalue weighted by molar-refractivity contribution is -0.0197. The highest BCUT2D eigenvalue weighted by Gasteiger charge is 2.45. The topological polar surface area (TPSA) is 0 Å². The molecule has 0 heteroatoms. The second-order valence-electron chi connectivity index (χ2n) is 10.8. The molecule has 0 aromatic rings. The zero-order chi connectivity index (χ0) is 16.6. The van der Waals surface area contributed by atoms with E-state index in [0.29, 0.717) is 27.1 Å². The van der Waals surface area contributed by atoms with Crippen LogP contribution in [0, 0.1) is 27.1 Å². The van der Waals surface area contributed by atoms with Crippen LogP contribution in [0.5, 0.6) is 0 Å². The van der Waals surface area contributed by atoms with Crippen LogP contribution in [-0.4, -0.2) is 0 Å². The summed E-state index contributed by atoms with van der Waals surface area (Å²) in [5, 5.41) is 0. The van der Waals surface area contributed by atoms with Gasteiger partial charge in [-0.3, -0.25) is 0 Å². The molecular weight excluding hydrogens is 240 g/mol. The minimum Gasteiger partial charge on any atom is -0.0649 e.